The number of fused-ring (bicyclic) bond motifs is 11. The molecule has 7 nitrogen and oxygen atoms in total. The lowest BCUT2D eigenvalue weighted by molar-refractivity contribution is -0.165. The summed E-state index contributed by atoms with van der Waals surface area (Å²) in [5.41, 5.74) is 0. The van der Waals surface area contributed by atoms with Gasteiger partial charge in [0, 0.05) is 0 Å². The number of rotatable bonds is 4. The molecule has 6 saturated carbocycles. The maximum atomic E-state index is 13.4. The van der Waals surface area contributed by atoms with Crippen molar-refractivity contribution in [3.63, 3.8) is 0 Å². The Balaban J connectivity index is 1.22. The van der Waals surface area contributed by atoms with Crippen LogP contribution in [0.15, 0.2) is 0 Å². The van der Waals surface area contributed by atoms with Gasteiger partial charge in [0.1, 0.15) is 0 Å². The minimum absolute atomic E-state index is 0.0744. The normalized spacial score (nSPS) is 56.6. The van der Waals surface area contributed by atoms with Crippen molar-refractivity contribution >= 4 is 23.9 Å². The average molecular weight is 513 g/mol. The molecule has 17 atom stereocenters. The van der Waals surface area contributed by atoms with E-state index in [1.807, 2.05) is 0 Å². The summed E-state index contributed by atoms with van der Waals surface area (Å²) in [6, 6.07) is 0. The molecule has 0 aromatic heterocycles. The predicted octanol–water partition coefficient (Wildman–Crippen LogP) is 3.59. The molecular formula is C30H40O7. The summed E-state index contributed by atoms with van der Waals surface area (Å²) in [5.74, 6) is 1.67. The fraction of sp³-hybridized carbons (Fsp3) is 0.867. The van der Waals surface area contributed by atoms with Crippen LogP contribution in [-0.4, -0.2) is 38.1 Å². The number of esters is 4. The zero-order valence-corrected chi connectivity index (χ0v) is 22.5. The van der Waals surface area contributed by atoms with Crippen LogP contribution in [0.5, 0.6) is 0 Å². The third kappa shape index (κ3) is 2.89. The number of carbonyl (C=O) groups is 4. The quantitative estimate of drug-likeness (QED) is 0.246. The summed E-state index contributed by atoms with van der Waals surface area (Å²) < 4.78 is 15.8. The van der Waals surface area contributed by atoms with Crippen LogP contribution in [0.4, 0.5) is 0 Å². The van der Waals surface area contributed by atoms with Gasteiger partial charge in [0.15, 0.2) is 0 Å². The molecule has 0 aromatic rings. The van der Waals surface area contributed by atoms with E-state index in [2.05, 4.69) is 20.8 Å². The largest absolute Gasteiger partial charge is 0.469 e. The van der Waals surface area contributed by atoms with Crippen molar-refractivity contribution in [3.8, 4) is 0 Å². The first-order chi connectivity index (χ1) is 17.7. The Hall–Kier alpha value is -1.92. The van der Waals surface area contributed by atoms with Crippen molar-refractivity contribution in [2.75, 3.05) is 14.2 Å². The van der Waals surface area contributed by atoms with Gasteiger partial charge in [-0.25, -0.2) is 0 Å². The van der Waals surface area contributed by atoms with E-state index in [0.717, 1.165) is 19.3 Å². The van der Waals surface area contributed by atoms with Crippen molar-refractivity contribution < 1.29 is 33.4 Å². The third-order valence-electron chi connectivity index (χ3n) is 13.3. The van der Waals surface area contributed by atoms with Gasteiger partial charge in [0.05, 0.1) is 37.9 Å². The molecule has 7 aliphatic rings. The predicted molar refractivity (Wildman–Crippen MR) is 130 cm³/mol. The van der Waals surface area contributed by atoms with Crippen LogP contribution < -0.4 is 0 Å². The summed E-state index contributed by atoms with van der Waals surface area (Å²) in [5, 5.41) is 0. The van der Waals surface area contributed by atoms with Crippen LogP contribution in [0, 0.1) is 101 Å². The Kier molecular flexibility index (Phi) is 5.25. The number of cyclic esters (lactones) is 2. The Morgan fingerprint density at radius 3 is 1.70 bits per heavy atom. The summed E-state index contributed by atoms with van der Waals surface area (Å²) in [6.07, 6.45) is 4.19. The summed E-state index contributed by atoms with van der Waals surface area (Å²) >= 11 is 0. The maximum Gasteiger partial charge on any atom is 0.317 e. The summed E-state index contributed by atoms with van der Waals surface area (Å²) in [6.45, 7) is 6.89. The fourth-order valence-electron chi connectivity index (χ4n) is 12.5. The SMILES string of the molecule is COC(=O)C1C2CC(C1C(=O)OC)C1C3CC(C(C)C3C3C(=O)OC(=O)C3C3C4CC(C)C(C4)C3C)C21. The second-order valence-corrected chi connectivity index (χ2v) is 13.9. The van der Waals surface area contributed by atoms with Gasteiger partial charge in [-0.2, -0.15) is 0 Å². The first kappa shape index (κ1) is 24.1. The summed E-state index contributed by atoms with van der Waals surface area (Å²) in [7, 11) is 2.80. The molecule has 6 aliphatic carbocycles. The van der Waals surface area contributed by atoms with Crippen molar-refractivity contribution in [2.24, 2.45) is 101 Å². The zero-order chi connectivity index (χ0) is 26.1. The topological polar surface area (TPSA) is 96.0 Å². The van der Waals surface area contributed by atoms with Gasteiger partial charge >= 0.3 is 23.9 Å². The molecule has 0 N–H and O–H groups in total. The van der Waals surface area contributed by atoms with E-state index in [4.69, 9.17) is 14.2 Å². The van der Waals surface area contributed by atoms with E-state index < -0.39 is 11.8 Å². The van der Waals surface area contributed by atoms with E-state index in [9.17, 15) is 19.2 Å². The van der Waals surface area contributed by atoms with E-state index in [-0.39, 0.29) is 65.3 Å². The van der Waals surface area contributed by atoms with E-state index in [1.54, 1.807) is 0 Å². The molecule has 1 heterocycles. The lowest BCUT2D eigenvalue weighted by atomic mass is 9.55. The van der Waals surface area contributed by atoms with Crippen molar-refractivity contribution in [1.82, 2.24) is 0 Å². The van der Waals surface area contributed by atoms with Gasteiger partial charge in [-0.15, -0.1) is 0 Å². The molecule has 1 saturated heterocycles. The standard InChI is InChI=1S/C30H40O7/c1-10-6-13-7-14(10)11(2)19(13)25-26(30(34)37-29(25)33)20-12(3)15-8-16(20)22-18-9-17(21(15)22)23(27(31)35-4)24(18)28(32)36-5/h10-26H,6-9H2,1-5H3. The van der Waals surface area contributed by atoms with Gasteiger partial charge in [0.25, 0.3) is 0 Å². The first-order valence-electron chi connectivity index (χ1n) is 14.6. The molecule has 0 spiro atoms. The van der Waals surface area contributed by atoms with E-state index in [1.165, 1.54) is 20.6 Å². The molecule has 7 fully saturated rings. The second-order valence-electron chi connectivity index (χ2n) is 13.9. The third-order valence-corrected chi connectivity index (χ3v) is 13.3. The molecular weight excluding hydrogens is 472 g/mol. The van der Waals surface area contributed by atoms with Crippen molar-refractivity contribution in [2.45, 2.75) is 46.5 Å². The van der Waals surface area contributed by atoms with Gasteiger partial charge in [-0.05, 0) is 103 Å². The van der Waals surface area contributed by atoms with Crippen LogP contribution >= 0.6 is 0 Å². The Morgan fingerprint density at radius 1 is 0.649 bits per heavy atom. The monoisotopic (exact) mass is 512 g/mol. The Labute approximate surface area is 218 Å². The van der Waals surface area contributed by atoms with Crippen LogP contribution in [0.1, 0.15) is 46.5 Å². The molecule has 7 rings (SSSR count). The van der Waals surface area contributed by atoms with E-state index >= 15 is 0 Å². The highest BCUT2D eigenvalue weighted by atomic mass is 16.6. The molecule has 17 unspecified atom stereocenters. The number of hydrogen-bond acceptors (Lipinski definition) is 7. The molecule has 6 bridgehead atoms. The second kappa shape index (κ2) is 8.05. The smallest absolute Gasteiger partial charge is 0.317 e. The fourth-order valence-corrected chi connectivity index (χ4v) is 12.5. The first-order valence-corrected chi connectivity index (χ1v) is 14.6. The maximum absolute atomic E-state index is 13.4. The highest BCUT2D eigenvalue weighted by Crippen LogP contribution is 2.74. The number of hydrogen-bond donors (Lipinski definition) is 0. The van der Waals surface area contributed by atoms with Crippen molar-refractivity contribution in [3.05, 3.63) is 0 Å². The average Bonchev–Trinajstić information content (AvgIpc) is 3.70. The van der Waals surface area contributed by atoms with Crippen LogP contribution in [0.2, 0.25) is 0 Å². The molecule has 0 aromatic carbocycles. The molecule has 0 amide bonds. The van der Waals surface area contributed by atoms with Crippen LogP contribution in [-0.2, 0) is 33.4 Å². The number of ether oxygens (including phenoxy) is 3. The van der Waals surface area contributed by atoms with E-state index in [0.29, 0.717) is 47.3 Å². The van der Waals surface area contributed by atoms with Gasteiger partial charge in [-0.3, -0.25) is 19.2 Å². The zero-order valence-electron chi connectivity index (χ0n) is 22.5. The minimum atomic E-state index is -0.473. The van der Waals surface area contributed by atoms with Crippen molar-refractivity contribution in [1.29, 1.82) is 0 Å². The number of carbonyl (C=O) groups excluding carboxylic acids is 4. The van der Waals surface area contributed by atoms with Gasteiger partial charge in [-0.1, -0.05) is 20.8 Å². The van der Waals surface area contributed by atoms with Gasteiger partial charge < -0.3 is 14.2 Å². The molecule has 1 aliphatic heterocycles. The lowest BCUT2D eigenvalue weighted by Crippen LogP contribution is -2.50. The Morgan fingerprint density at radius 2 is 1.16 bits per heavy atom. The van der Waals surface area contributed by atoms with Gasteiger partial charge in [0.2, 0.25) is 0 Å². The highest BCUT2D eigenvalue weighted by Gasteiger charge is 2.74. The minimum Gasteiger partial charge on any atom is -0.469 e. The highest BCUT2D eigenvalue weighted by molar-refractivity contribution is 5.97. The molecule has 37 heavy (non-hydrogen) atoms. The molecule has 0 radical (unpaired) electrons. The molecule has 202 valence electrons. The Bertz CT molecular complexity index is 1050. The summed E-state index contributed by atoms with van der Waals surface area (Å²) in [4.78, 5) is 52.5. The van der Waals surface area contributed by atoms with Crippen LogP contribution in [0.25, 0.3) is 0 Å². The molecule has 7 heteroatoms. The van der Waals surface area contributed by atoms with Crippen LogP contribution in [0.3, 0.4) is 0 Å². The lowest BCUT2D eigenvalue weighted by Gasteiger charge is -2.48. The number of methoxy groups -OCH3 is 2.